The summed E-state index contributed by atoms with van der Waals surface area (Å²) in [7, 11) is 0. The molecule has 2 heterocycles. The first-order valence-electron chi connectivity index (χ1n) is 12.6. The van der Waals surface area contributed by atoms with Crippen molar-refractivity contribution in [2.75, 3.05) is 19.8 Å². The highest BCUT2D eigenvalue weighted by Crippen LogP contribution is 2.39. The quantitative estimate of drug-likeness (QED) is 0.713. The van der Waals surface area contributed by atoms with E-state index in [-0.39, 0.29) is 24.0 Å². The Hall–Kier alpha value is -2.15. The fourth-order valence-corrected chi connectivity index (χ4v) is 6.26. The first-order valence-corrected chi connectivity index (χ1v) is 12.6. The number of benzene rings is 1. The number of alkyl halides is 1. The fourth-order valence-electron chi connectivity index (χ4n) is 6.26. The number of nitrogens with zero attached hydrogens (tertiary/aromatic N) is 1. The normalized spacial score (nSPS) is 36.6. The molecule has 0 bridgehead atoms. The molecule has 2 aliphatic heterocycles. The highest BCUT2D eigenvalue weighted by Gasteiger charge is 2.51. The average Bonchev–Trinajstić information content (AvgIpc) is 2.81. The van der Waals surface area contributed by atoms with Crippen molar-refractivity contribution in [3.63, 3.8) is 0 Å². The van der Waals surface area contributed by atoms with Crippen LogP contribution < -0.4 is 5.32 Å². The number of likely N-dealkylation sites (tertiary alicyclic amines) is 1. The minimum Gasteiger partial charge on any atom is -0.449 e. The topological polar surface area (TPSA) is 67.9 Å². The van der Waals surface area contributed by atoms with E-state index in [2.05, 4.69) is 35.6 Å². The summed E-state index contributed by atoms with van der Waals surface area (Å²) in [5.41, 5.74) is 0.874. The number of nitrogens with one attached hydrogen (secondary N) is 1. The first-order chi connectivity index (χ1) is 16.0. The number of rotatable bonds is 5. The molecule has 4 aliphatic rings. The molecule has 6 nitrogen and oxygen atoms in total. The molecule has 0 aromatic heterocycles. The number of halogens is 1. The van der Waals surface area contributed by atoms with Gasteiger partial charge in [-0.1, -0.05) is 30.3 Å². The SMILES string of the molecule is O=C1N[C@@]2(CCCN(C(=O)[C@H]3C[C@@H](F)C3)[C@@H]2CO[C@H]2CC[C@@H](c3ccccc3)CC2)CCO1. The number of alkyl carbamates (subject to hydrolysis) is 1. The maximum absolute atomic E-state index is 13.5. The second-order valence-corrected chi connectivity index (χ2v) is 10.3. The van der Waals surface area contributed by atoms with Crippen LogP contribution in [0.4, 0.5) is 9.18 Å². The number of amides is 2. The van der Waals surface area contributed by atoms with Crippen LogP contribution in [0.3, 0.4) is 0 Å². The molecule has 2 atom stereocenters. The summed E-state index contributed by atoms with van der Waals surface area (Å²) in [5.74, 6) is 0.354. The van der Waals surface area contributed by atoms with E-state index >= 15 is 0 Å². The number of ether oxygens (including phenoxy) is 2. The van der Waals surface area contributed by atoms with Crippen LogP contribution in [-0.4, -0.2) is 60.5 Å². The predicted molar refractivity (Wildman–Crippen MR) is 122 cm³/mol. The van der Waals surface area contributed by atoms with Gasteiger partial charge in [-0.2, -0.15) is 0 Å². The molecule has 180 valence electrons. The monoisotopic (exact) mass is 458 g/mol. The Morgan fingerprint density at radius 1 is 1.15 bits per heavy atom. The van der Waals surface area contributed by atoms with Gasteiger partial charge in [0, 0.05) is 18.9 Å². The Morgan fingerprint density at radius 2 is 1.91 bits per heavy atom. The minimum absolute atomic E-state index is 0.0186. The van der Waals surface area contributed by atoms with Crippen molar-refractivity contribution in [2.24, 2.45) is 5.92 Å². The average molecular weight is 459 g/mol. The van der Waals surface area contributed by atoms with Gasteiger partial charge in [0.2, 0.25) is 5.91 Å². The lowest BCUT2D eigenvalue weighted by molar-refractivity contribution is -0.152. The number of hydrogen-bond acceptors (Lipinski definition) is 4. The third-order valence-corrected chi connectivity index (χ3v) is 8.32. The Labute approximate surface area is 195 Å². The molecule has 2 aliphatic carbocycles. The van der Waals surface area contributed by atoms with Gasteiger partial charge in [-0.05, 0) is 62.8 Å². The van der Waals surface area contributed by atoms with Gasteiger partial charge < -0.3 is 19.7 Å². The second kappa shape index (κ2) is 9.61. The lowest BCUT2D eigenvalue weighted by Crippen LogP contribution is -2.70. The van der Waals surface area contributed by atoms with Gasteiger partial charge >= 0.3 is 6.09 Å². The number of piperidine rings is 1. The Bertz CT molecular complexity index is 834. The van der Waals surface area contributed by atoms with Crippen LogP contribution in [0.5, 0.6) is 0 Å². The molecule has 5 rings (SSSR count). The van der Waals surface area contributed by atoms with Gasteiger partial charge in [0.15, 0.2) is 0 Å². The van der Waals surface area contributed by atoms with Gasteiger partial charge in [0.05, 0.1) is 30.9 Å². The molecule has 2 saturated heterocycles. The highest BCUT2D eigenvalue weighted by molar-refractivity contribution is 5.81. The third-order valence-electron chi connectivity index (χ3n) is 8.32. The number of hydrogen-bond donors (Lipinski definition) is 1. The summed E-state index contributed by atoms with van der Waals surface area (Å²) in [6.07, 6.45) is 5.96. The van der Waals surface area contributed by atoms with Crippen molar-refractivity contribution in [1.82, 2.24) is 10.2 Å². The van der Waals surface area contributed by atoms with Crippen molar-refractivity contribution in [2.45, 2.75) is 87.6 Å². The van der Waals surface area contributed by atoms with Crippen LogP contribution in [0.2, 0.25) is 0 Å². The summed E-state index contributed by atoms with van der Waals surface area (Å²) in [5, 5.41) is 3.06. The molecule has 0 radical (unpaired) electrons. The van der Waals surface area contributed by atoms with Crippen molar-refractivity contribution in [3.8, 4) is 0 Å². The third kappa shape index (κ3) is 4.75. The number of carbonyl (C=O) groups is 2. The van der Waals surface area contributed by atoms with Gasteiger partial charge in [-0.25, -0.2) is 9.18 Å². The first kappa shape index (κ1) is 22.6. The summed E-state index contributed by atoms with van der Waals surface area (Å²) in [6.45, 7) is 1.39. The number of cyclic esters (lactones) is 1. The maximum atomic E-state index is 13.5. The molecule has 2 amide bonds. The van der Waals surface area contributed by atoms with E-state index in [1.807, 2.05) is 4.90 Å². The van der Waals surface area contributed by atoms with E-state index in [0.717, 1.165) is 38.5 Å². The second-order valence-electron chi connectivity index (χ2n) is 10.3. The Balaban J connectivity index is 1.25. The molecule has 1 aromatic rings. The smallest absolute Gasteiger partial charge is 0.407 e. The van der Waals surface area contributed by atoms with Crippen LogP contribution >= 0.6 is 0 Å². The van der Waals surface area contributed by atoms with Crippen molar-refractivity contribution < 1.29 is 23.5 Å². The van der Waals surface area contributed by atoms with E-state index in [1.54, 1.807) is 0 Å². The lowest BCUT2D eigenvalue weighted by atomic mass is 9.76. The maximum Gasteiger partial charge on any atom is 0.407 e. The van der Waals surface area contributed by atoms with Gasteiger partial charge in [-0.3, -0.25) is 4.79 Å². The zero-order chi connectivity index (χ0) is 22.8. The number of carbonyl (C=O) groups excluding carboxylic acids is 2. The van der Waals surface area contributed by atoms with E-state index in [0.29, 0.717) is 44.9 Å². The fraction of sp³-hybridized carbons (Fsp3) is 0.692. The lowest BCUT2D eigenvalue weighted by Gasteiger charge is -2.52. The zero-order valence-corrected chi connectivity index (χ0v) is 19.2. The molecule has 0 unspecified atom stereocenters. The summed E-state index contributed by atoms with van der Waals surface area (Å²) in [6, 6.07) is 10.4. The molecule has 1 N–H and O–H groups in total. The zero-order valence-electron chi connectivity index (χ0n) is 19.2. The molecule has 1 spiro atoms. The predicted octanol–water partition coefficient (Wildman–Crippen LogP) is 4.34. The van der Waals surface area contributed by atoms with Gasteiger partial charge in [0.1, 0.15) is 6.17 Å². The summed E-state index contributed by atoms with van der Waals surface area (Å²) in [4.78, 5) is 27.3. The standard InChI is InChI=1S/C26H35FN2O4/c27-21-15-20(16-21)24(30)29-13-4-11-26(12-14-32-25(31)28-26)23(29)17-33-22-9-7-19(8-10-22)18-5-2-1-3-6-18/h1-3,5-6,19-23H,4,7-17H2,(H,28,31)/t19-,20-,21+,22+,23-,26+/m1/s1. The summed E-state index contributed by atoms with van der Waals surface area (Å²) >= 11 is 0. The Kier molecular flexibility index (Phi) is 6.59. The van der Waals surface area contributed by atoms with E-state index in [1.165, 1.54) is 5.56 Å². The largest absolute Gasteiger partial charge is 0.449 e. The van der Waals surface area contributed by atoms with Gasteiger partial charge in [-0.15, -0.1) is 0 Å². The van der Waals surface area contributed by atoms with E-state index in [9.17, 15) is 14.0 Å². The van der Waals surface area contributed by atoms with Crippen LogP contribution in [0.15, 0.2) is 30.3 Å². The highest BCUT2D eigenvalue weighted by atomic mass is 19.1. The van der Waals surface area contributed by atoms with Crippen molar-refractivity contribution >= 4 is 12.0 Å². The molecule has 4 fully saturated rings. The van der Waals surface area contributed by atoms with E-state index in [4.69, 9.17) is 9.47 Å². The van der Waals surface area contributed by atoms with Crippen LogP contribution in [0.1, 0.15) is 69.3 Å². The van der Waals surface area contributed by atoms with E-state index < -0.39 is 17.8 Å². The minimum atomic E-state index is -0.866. The van der Waals surface area contributed by atoms with Crippen LogP contribution in [0.25, 0.3) is 0 Å². The van der Waals surface area contributed by atoms with Crippen LogP contribution in [0, 0.1) is 5.92 Å². The molecular weight excluding hydrogens is 423 g/mol. The van der Waals surface area contributed by atoms with Crippen molar-refractivity contribution in [1.29, 1.82) is 0 Å². The molecule has 2 saturated carbocycles. The van der Waals surface area contributed by atoms with Gasteiger partial charge in [0.25, 0.3) is 0 Å². The van der Waals surface area contributed by atoms with Crippen LogP contribution in [-0.2, 0) is 14.3 Å². The Morgan fingerprint density at radius 3 is 2.61 bits per heavy atom. The molecule has 1 aromatic carbocycles. The van der Waals surface area contributed by atoms with Crippen molar-refractivity contribution in [3.05, 3.63) is 35.9 Å². The molecule has 33 heavy (non-hydrogen) atoms. The molecular formula is C26H35FN2O4. The summed E-state index contributed by atoms with van der Waals surface area (Å²) < 4.78 is 25.1. The molecule has 7 heteroatoms.